The molecule has 3 atom stereocenters. The number of carbonyl (C=O) groups is 2. The van der Waals surface area contributed by atoms with E-state index < -0.39 is 34.3 Å². The van der Waals surface area contributed by atoms with Crippen molar-refractivity contribution >= 4 is 27.7 Å². The minimum Gasteiger partial charge on any atom is -0.465 e. The monoisotopic (exact) mass is 547 g/mol. The Bertz CT molecular complexity index is 1170. The van der Waals surface area contributed by atoms with Gasteiger partial charge in [-0.1, -0.05) is 44.2 Å². The zero-order valence-electron chi connectivity index (χ0n) is 22.0. The smallest absolute Gasteiger partial charge is 0.407 e. The van der Waals surface area contributed by atoms with Crippen LogP contribution in [0.3, 0.4) is 0 Å². The largest absolute Gasteiger partial charge is 0.465 e. The van der Waals surface area contributed by atoms with Crippen molar-refractivity contribution in [3.63, 3.8) is 0 Å². The van der Waals surface area contributed by atoms with Gasteiger partial charge in [0.25, 0.3) is 0 Å². The second-order valence-electron chi connectivity index (χ2n) is 9.95. The highest BCUT2D eigenvalue weighted by Crippen LogP contribution is 2.25. The number of benzene rings is 2. The minimum atomic E-state index is -4.04. The van der Waals surface area contributed by atoms with Gasteiger partial charge in [0.1, 0.15) is 0 Å². The predicted molar refractivity (Wildman–Crippen MR) is 143 cm³/mol. The van der Waals surface area contributed by atoms with Gasteiger partial charge in [-0.3, -0.25) is 9.69 Å². The van der Waals surface area contributed by atoms with E-state index in [4.69, 9.17) is 4.74 Å². The van der Waals surface area contributed by atoms with Crippen LogP contribution in [0.25, 0.3) is 0 Å². The number of hydrogen-bond acceptors (Lipinski definition) is 6. The molecule has 2 amide bonds. The van der Waals surface area contributed by atoms with Crippen LogP contribution in [-0.4, -0.2) is 84.3 Å². The van der Waals surface area contributed by atoms with Gasteiger partial charge >= 0.3 is 6.09 Å². The standard InChI is InChI=1S/C27H37N3O7S/c1-19(2)16-29(38(35,36)24-11-9-22(10-12-24)28-20(3)31)17-26(32)25(15-21-7-5-4-6-8-21)30(27(33)34)23-13-14-37-18-23/h4-12,19,23,25-26,32H,13-18H2,1-3H3,(H,28,31)(H,33,34)/t23-,25?,26+/m1/s1. The molecule has 10 nitrogen and oxygen atoms in total. The lowest BCUT2D eigenvalue weighted by atomic mass is 9.97. The number of nitrogens with zero attached hydrogens (tertiary/aromatic N) is 2. The Kier molecular flexibility index (Phi) is 10.3. The molecule has 1 heterocycles. The molecule has 2 aromatic rings. The maximum absolute atomic E-state index is 13.7. The number of carbonyl (C=O) groups excluding carboxylic acids is 1. The first-order valence-electron chi connectivity index (χ1n) is 12.7. The van der Waals surface area contributed by atoms with Crippen LogP contribution in [0.15, 0.2) is 59.5 Å². The van der Waals surface area contributed by atoms with Crippen molar-refractivity contribution in [2.45, 2.75) is 56.7 Å². The quantitative estimate of drug-likeness (QED) is 0.372. The Morgan fingerprint density at radius 1 is 1.08 bits per heavy atom. The Morgan fingerprint density at radius 3 is 2.26 bits per heavy atom. The Labute approximate surface area is 224 Å². The van der Waals surface area contributed by atoms with Crippen molar-refractivity contribution in [2.75, 3.05) is 31.6 Å². The molecule has 3 rings (SSSR count). The third-order valence-corrected chi connectivity index (χ3v) is 8.23. The number of sulfonamides is 1. The Balaban J connectivity index is 1.93. The van der Waals surface area contributed by atoms with Gasteiger partial charge in [0.2, 0.25) is 15.9 Å². The van der Waals surface area contributed by atoms with Gasteiger partial charge in [-0.05, 0) is 48.6 Å². The predicted octanol–water partition coefficient (Wildman–Crippen LogP) is 3.03. The zero-order valence-corrected chi connectivity index (χ0v) is 22.8. The van der Waals surface area contributed by atoms with Crippen LogP contribution in [0.4, 0.5) is 10.5 Å². The van der Waals surface area contributed by atoms with Gasteiger partial charge in [0.15, 0.2) is 0 Å². The van der Waals surface area contributed by atoms with Crippen molar-refractivity contribution < 1.29 is 33.0 Å². The van der Waals surface area contributed by atoms with Crippen LogP contribution < -0.4 is 5.32 Å². The Hall–Kier alpha value is -2.99. The molecule has 1 unspecified atom stereocenters. The van der Waals surface area contributed by atoms with E-state index in [-0.39, 0.29) is 42.8 Å². The molecular weight excluding hydrogens is 510 g/mol. The summed E-state index contributed by atoms with van der Waals surface area (Å²) in [6, 6.07) is 13.7. The van der Waals surface area contributed by atoms with Crippen molar-refractivity contribution in [1.82, 2.24) is 9.21 Å². The van der Waals surface area contributed by atoms with E-state index in [1.54, 1.807) is 0 Å². The fourth-order valence-corrected chi connectivity index (χ4v) is 6.28. The first-order chi connectivity index (χ1) is 18.0. The van der Waals surface area contributed by atoms with Gasteiger partial charge in [0, 0.05) is 32.3 Å². The fraction of sp³-hybridized carbons (Fsp3) is 0.481. The third kappa shape index (κ3) is 7.76. The number of ether oxygens (including phenoxy) is 1. The second-order valence-corrected chi connectivity index (χ2v) is 11.9. The molecule has 1 aliphatic rings. The summed E-state index contributed by atoms with van der Waals surface area (Å²) in [5.74, 6) is -0.327. The van der Waals surface area contributed by atoms with E-state index in [2.05, 4.69) is 5.32 Å². The second kappa shape index (κ2) is 13.2. The highest BCUT2D eigenvalue weighted by atomic mass is 32.2. The van der Waals surface area contributed by atoms with Gasteiger partial charge in [-0.25, -0.2) is 13.2 Å². The highest BCUT2D eigenvalue weighted by Gasteiger charge is 2.39. The topological polar surface area (TPSA) is 136 Å². The fourth-order valence-electron chi connectivity index (χ4n) is 4.66. The first-order valence-corrected chi connectivity index (χ1v) is 14.1. The van der Waals surface area contributed by atoms with E-state index in [0.29, 0.717) is 18.7 Å². The molecule has 1 fully saturated rings. The first kappa shape index (κ1) is 29.6. The summed E-state index contributed by atoms with van der Waals surface area (Å²) in [6.07, 6.45) is -1.78. The molecule has 0 bridgehead atoms. The van der Waals surface area contributed by atoms with Gasteiger partial charge in [-0.2, -0.15) is 4.31 Å². The van der Waals surface area contributed by atoms with Crippen LogP contribution in [0.1, 0.15) is 32.8 Å². The van der Waals surface area contributed by atoms with E-state index in [0.717, 1.165) is 5.56 Å². The SMILES string of the molecule is CC(=O)Nc1ccc(S(=O)(=O)N(CC(C)C)C[C@H](O)C(Cc2ccccc2)N(C(=O)O)[C@@H]2CCOC2)cc1. The summed E-state index contributed by atoms with van der Waals surface area (Å²) >= 11 is 0. The van der Waals surface area contributed by atoms with Crippen molar-refractivity contribution in [1.29, 1.82) is 0 Å². The van der Waals surface area contributed by atoms with Gasteiger partial charge in [-0.15, -0.1) is 0 Å². The highest BCUT2D eigenvalue weighted by molar-refractivity contribution is 7.89. The van der Waals surface area contributed by atoms with Crippen LogP contribution in [0, 0.1) is 5.92 Å². The lowest BCUT2D eigenvalue weighted by Gasteiger charge is -2.38. The number of rotatable bonds is 12. The van der Waals surface area contributed by atoms with Crippen molar-refractivity contribution in [3.8, 4) is 0 Å². The molecule has 1 saturated heterocycles. The number of hydrogen-bond donors (Lipinski definition) is 3. The number of aliphatic hydroxyl groups excluding tert-OH is 1. The summed E-state index contributed by atoms with van der Waals surface area (Å²) in [4.78, 5) is 25.0. The Morgan fingerprint density at radius 2 is 1.74 bits per heavy atom. The molecule has 3 N–H and O–H groups in total. The summed E-state index contributed by atoms with van der Waals surface area (Å²) in [5, 5.41) is 24.2. The molecule has 0 aromatic heterocycles. The molecule has 0 spiro atoms. The summed E-state index contributed by atoms with van der Waals surface area (Å²) in [7, 11) is -4.04. The number of carboxylic acid groups (broad SMARTS) is 1. The average molecular weight is 548 g/mol. The molecule has 11 heteroatoms. The van der Waals surface area contributed by atoms with Crippen LogP contribution in [-0.2, 0) is 26.0 Å². The molecule has 1 aliphatic heterocycles. The molecule has 38 heavy (non-hydrogen) atoms. The summed E-state index contributed by atoms with van der Waals surface area (Å²) < 4.78 is 33.9. The van der Waals surface area contributed by atoms with Crippen LogP contribution >= 0.6 is 0 Å². The van der Waals surface area contributed by atoms with E-state index in [9.17, 15) is 28.2 Å². The van der Waals surface area contributed by atoms with Gasteiger partial charge < -0.3 is 20.3 Å². The molecule has 0 aliphatic carbocycles. The molecule has 208 valence electrons. The lowest BCUT2D eigenvalue weighted by molar-refractivity contribution is -0.114. The normalized spacial score (nSPS) is 17.4. The summed E-state index contributed by atoms with van der Waals surface area (Å²) in [5.41, 5.74) is 1.29. The molecule has 0 saturated carbocycles. The lowest BCUT2D eigenvalue weighted by Crippen LogP contribution is -2.56. The van der Waals surface area contributed by atoms with Crippen LogP contribution in [0.2, 0.25) is 0 Å². The van der Waals surface area contributed by atoms with E-state index in [1.807, 2.05) is 44.2 Å². The number of nitrogens with one attached hydrogen (secondary N) is 1. The number of amides is 2. The number of aliphatic hydroxyl groups is 1. The number of anilines is 1. The third-order valence-electron chi connectivity index (χ3n) is 6.38. The van der Waals surface area contributed by atoms with E-state index >= 15 is 0 Å². The molecule has 2 aromatic carbocycles. The average Bonchev–Trinajstić information content (AvgIpc) is 3.37. The van der Waals surface area contributed by atoms with Gasteiger partial charge in [0.05, 0.1) is 29.7 Å². The maximum atomic E-state index is 13.7. The molecule has 0 radical (unpaired) electrons. The zero-order chi connectivity index (χ0) is 27.9. The minimum absolute atomic E-state index is 0.0124. The van der Waals surface area contributed by atoms with E-state index in [1.165, 1.54) is 40.4 Å². The van der Waals surface area contributed by atoms with Crippen molar-refractivity contribution in [2.24, 2.45) is 5.92 Å². The maximum Gasteiger partial charge on any atom is 0.407 e. The molecular formula is C27H37N3O7S. The summed E-state index contributed by atoms with van der Waals surface area (Å²) in [6.45, 7) is 5.59. The van der Waals surface area contributed by atoms with Crippen LogP contribution in [0.5, 0.6) is 0 Å². The van der Waals surface area contributed by atoms with Crippen molar-refractivity contribution in [3.05, 3.63) is 60.2 Å².